The van der Waals surface area contributed by atoms with Gasteiger partial charge in [-0.15, -0.1) is 11.3 Å². The summed E-state index contributed by atoms with van der Waals surface area (Å²) in [7, 11) is -0.317. The molecule has 1 fully saturated rings. The summed E-state index contributed by atoms with van der Waals surface area (Å²) in [6.45, 7) is 8.34. The first kappa shape index (κ1) is 17.9. The van der Waals surface area contributed by atoms with Crippen LogP contribution in [0.1, 0.15) is 27.7 Å². The number of thiophene rings is 1. The molecule has 2 heterocycles. The number of hydrogen-bond donors (Lipinski definition) is 0. The van der Waals surface area contributed by atoms with Crippen molar-refractivity contribution in [2.24, 2.45) is 0 Å². The number of benzene rings is 3. The molecule has 28 heavy (non-hydrogen) atoms. The van der Waals surface area contributed by atoms with Crippen LogP contribution in [0.3, 0.4) is 0 Å². The topological polar surface area (TPSA) is 18.5 Å². The quantitative estimate of drug-likeness (QED) is 0.392. The molecule has 5 rings (SSSR count). The molecule has 0 unspecified atom stereocenters. The molecule has 0 aliphatic carbocycles. The van der Waals surface area contributed by atoms with Crippen molar-refractivity contribution in [2.45, 2.75) is 38.9 Å². The van der Waals surface area contributed by atoms with E-state index in [2.05, 4.69) is 94.4 Å². The zero-order valence-corrected chi connectivity index (χ0v) is 17.5. The maximum Gasteiger partial charge on any atom is 0.494 e. The molecule has 3 aromatic carbocycles. The fourth-order valence-electron chi connectivity index (χ4n) is 3.72. The highest BCUT2D eigenvalue weighted by Crippen LogP contribution is 2.37. The molecule has 0 spiro atoms. The molecule has 0 amide bonds. The molecule has 1 aromatic heterocycles. The molecule has 2 nitrogen and oxygen atoms in total. The first-order valence-corrected chi connectivity index (χ1v) is 10.5. The van der Waals surface area contributed by atoms with Gasteiger partial charge in [-0.3, -0.25) is 0 Å². The summed E-state index contributed by atoms with van der Waals surface area (Å²) in [6.07, 6.45) is 0. The van der Waals surface area contributed by atoms with E-state index >= 15 is 0 Å². The second kappa shape index (κ2) is 6.18. The summed E-state index contributed by atoms with van der Waals surface area (Å²) >= 11 is 1.85. The highest BCUT2D eigenvalue weighted by molar-refractivity contribution is 7.25. The van der Waals surface area contributed by atoms with Gasteiger partial charge in [-0.05, 0) is 62.5 Å². The Labute approximate surface area is 170 Å². The van der Waals surface area contributed by atoms with E-state index in [1.165, 1.54) is 31.3 Å². The van der Waals surface area contributed by atoms with Gasteiger partial charge in [-0.1, -0.05) is 48.5 Å². The molecule has 4 aromatic rings. The number of rotatable bonds is 2. The predicted molar refractivity (Wildman–Crippen MR) is 120 cm³/mol. The van der Waals surface area contributed by atoms with E-state index in [1.807, 2.05) is 11.3 Å². The average molecular weight is 386 g/mol. The summed E-state index contributed by atoms with van der Waals surface area (Å²) in [5, 5.41) is 2.66. The van der Waals surface area contributed by atoms with Crippen LogP contribution >= 0.6 is 11.3 Å². The van der Waals surface area contributed by atoms with Crippen molar-refractivity contribution < 1.29 is 9.31 Å². The molecule has 140 valence electrons. The third-order valence-electron chi connectivity index (χ3n) is 6.15. The zero-order valence-electron chi connectivity index (χ0n) is 16.7. The second-order valence-electron chi connectivity index (χ2n) is 8.52. The van der Waals surface area contributed by atoms with Gasteiger partial charge < -0.3 is 9.31 Å². The lowest BCUT2D eigenvalue weighted by Crippen LogP contribution is -2.41. The maximum absolute atomic E-state index is 6.17. The minimum absolute atomic E-state index is 0.317. The fourth-order valence-corrected chi connectivity index (χ4v) is 4.80. The van der Waals surface area contributed by atoms with Crippen molar-refractivity contribution >= 4 is 44.1 Å². The fraction of sp³-hybridized carbons (Fsp3) is 0.250. The van der Waals surface area contributed by atoms with Crippen molar-refractivity contribution in [3.63, 3.8) is 0 Å². The van der Waals surface area contributed by atoms with Crippen LogP contribution in [-0.2, 0) is 9.31 Å². The highest BCUT2D eigenvalue weighted by Gasteiger charge is 2.51. The van der Waals surface area contributed by atoms with Crippen LogP contribution in [0.25, 0.3) is 31.3 Å². The van der Waals surface area contributed by atoms with Gasteiger partial charge in [0.15, 0.2) is 0 Å². The first-order chi connectivity index (χ1) is 13.3. The van der Waals surface area contributed by atoms with Crippen LogP contribution < -0.4 is 5.46 Å². The van der Waals surface area contributed by atoms with Gasteiger partial charge in [0.05, 0.1) is 11.2 Å². The number of hydrogen-bond acceptors (Lipinski definition) is 3. The van der Waals surface area contributed by atoms with Crippen molar-refractivity contribution in [1.82, 2.24) is 0 Å². The van der Waals surface area contributed by atoms with Gasteiger partial charge in [0, 0.05) is 20.2 Å². The molecule has 0 bridgehead atoms. The molecule has 4 heteroatoms. The largest absolute Gasteiger partial charge is 0.494 e. The third kappa shape index (κ3) is 2.79. The summed E-state index contributed by atoms with van der Waals surface area (Å²) < 4.78 is 15.0. The third-order valence-corrected chi connectivity index (χ3v) is 7.30. The molecular weight excluding hydrogens is 363 g/mol. The van der Waals surface area contributed by atoms with E-state index in [4.69, 9.17) is 9.31 Å². The van der Waals surface area contributed by atoms with Crippen molar-refractivity contribution in [2.75, 3.05) is 0 Å². The van der Waals surface area contributed by atoms with Crippen molar-refractivity contribution in [3.05, 3.63) is 66.7 Å². The molecule has 0 N–H and O–H groups in total. The Morgan fingerprint density at radius 3 is 2.00 bits per heavy atom. The van der Waals surface area contributed by atoms with E-state index in [9.17, 15) is 0 Å². The average Bonchev–Trinajstić information content (AvgIpc) is 3.15. The van der Waals surface area contributed by atoms with E-state index < -0.39 is 0 Å². The normalized spacial score (nSPS) is 18.2. The van der Waals surface area contributed by atoms with Crippen molar-refractivity contribution in [3.8, 4) is 11.1 Å². The lowest BCUT2D eigenvalue weighted by Gasteiger charge is -2.32. The van der Waals surface area contributed by atoms with Gasteiger partial charge in [-0.2, -0.15) is 0 Å². The monoisotopic (exact) mass is 386 g/mol. The molecular formula is C24H23BO2S. The lowest BCUT2D eigenvalue weighted by molar-refractivity contribution is 0.00578. The van der Waals surface area contributed by atoms with Gasteiger partial charge >= 0.3 is 7.12 Å². The zero-order chi connectivity index (χ0) is 19.5. The van der Waals surface area contributed by atoms with Gasteiger partial charge in [-0.25, -0.2) is 0 Å². The van der Waals surface area contributed by atoms with Crippen LogP contribution in [-0.4, -0.2) is 18.3 Å². The van der Waals surface area contributed by atoms with Gasteiger partial charge in [0.1, 0.15) is 0 Å². The molecule has 0 saturated carbocycles. The summed E-state index contributed by atoms with van der Waals surface area (Å²) in [6, 6.07) is 23.9. The Morgan fingerprint density at radius 2 is 1.29 bits per heavy atom. The van der Waals surface area contributed by atoms with E-state index in [1.54, 1.807) is 0 Å². The summed E-state index contributed by atoms with van der Waals surface area (Å²) in [5.41, 5.74) is 2.86. The Balaban J connectivity index is 1.48. The lowest BCUT2D eigenvalue weighted by atomic mass is 9.78. The molecule has 0 radical (unpaired) electrons. The van der Waals surface area contributed by atoms with Crippen LogP contribution in [0.5, 0.6) is 0 Å². The maximum atomic E-state index is 6.17. The predicted octanol–water partition coefficient (Wildman–Crippen LogP) is 6.02. The van der Waals surface area contributed by atoms with E-state index in [-0.39, 0.29) is 18.3 Å². The van der Waals surface area contributed by atoms with Crippen LogP contribution in [0.4, 0.5) is 0 Å². The van der Waals surface area contributed by atoms with E-state index in [0.717, 1.165) is 5.46 Å². The highest BCUT2D eigenvalue weighted by atomic mass is 32.1. The Kier molecular flexibility index (Phi) is 3.96. The number of fused-ring (bicyclic) bond motifs is 3. The summed E-state index contributed by atoms with van der Waals surface area (Å²) in [5.74, 6) is 0. The molecule has 1 saturated heterocycles. The summed E-state index contributed by atoms with van der Waals surface area (Å²) in [4.78, 5) is 0. The SMILES string of the molecule is CC1(C)OB(c2ccc(-c3ccc4sc5ccccc5c4c3)cc2)OC1(C)C. The standard InChI is InChI=1S/C24H23BO2S/c1-23(2)24(3,4)27-25(26-23)18-12-9-16(10-13-18)17-11-14-22-20(15-17)19-7-5-6-8-21(19)28-22/h5-15H,1-4H3. The Morgan fingerprint density at radius 1 is 0.679 bits per heavy atom. The molecule has 0 atom stereocenters. The molecule has 1 aliphatic rings. The van der Waals surface area contributed by atoms with Crippen molar-refractivity contribution in [1.29, 1.82) is 0 Å². The minimum Gasteiger partial charge on any atom is -0.399 e. The minimum atomic E-state index is -0.318. The second-order valence-corrected chi connectivity index (χ2v) is 9.60. The Bertz CT molecular complexity index is 1160. The van der Waals surface area contributed by atoms with Gasteiger partial charge in [0.2, 0.25) is 0 Å². The van der Waals surface area contributed by atoms with E-state index in [0.29, 0.717) is 0 Å². The smallest absolute Gasteiger partial charge is 0.399 e. The van der Waals surface area contributed by atoms with Crippen LogP contribution in [0.15, 0.2) is 66.7 Å². The van der Waals surface area contributed by atoms with Gasteiger partial charge in [0.25, 0.3) is 0 Å². The van der Waals surface area contributed by atoms with Crippen LogP contribution in [0, 0.1) is 0 Å². The van der Waals surface area contributed by atoms with Crippen LogP contribution in [0.2, 0.25) is 0 Å². The first-order valence-electron chi connectivity index (χ1n) is 9.71. The molecule has 1 aliphatic heterocycles. The Hall–Kier alpha value is -2.14.